The molecule has 0 amide bonds. The van der Waals surface area contributed by atoms with Crippen molar-refractivity contribution in [1.29, 1.82) is 0 Å². The van der Waals surface area contributed by atoms with Gasteiger partial charge in [0, 0.05) is 6.04 Å². The molecule has 2 rings (SSSR count). The van der Waals surface area contributed by atoms with Crippen LogP contribution in [-0.2, 0) is 16.3 Å². The number of sulfone groups is 1. The minimum Gasteiger partial charge on any atom is -0.313 e. The molecule has 0 saturated carbocycles. The Balaban J connectivity index is 1.86. The molecule has 1 aromatic rings. The normalized spacial score (nSPS) is 20.4. The summed E-state index contributed by atoms with van der Waals surface area (Å²) in [5.41, 5.74) is 2.30. The molecular formula is C15H23NO2S. The highest BCUT2D eigenvalue weighted by Crippen LogP contribution is 2.11. The number of nitrogens with one attached hydrogen (secondary N) is 1. The molecule has 0 aromatic heterocycles. The van der Waals surface area contributed by atoms with Gasteiger partial charge in [-0.2, -0.15) is 0 Å². The molecule has 1 atom stereocenters. The van der Waals surface area contributed by atoms with Crippen molar-refractivity contribution in [2.45, 2.75) is 38.6 Å². The van der Waals surface area contributed by atoms with E-state index >= 15 is 0 Å². The van der Waals surface area contributed by atoms with Crippen LogP contribution >= 0.6 is 0 Å². The molecule has 1 unspecified atom stereocenters. The van der Waals surface area contributed by atoms with E-state index in [1.807, 2.05) is 25.1 Å². The van der Waals surface area contributed by atoms with Crippen LogP contribution in [0.1, 0.15) is 30.4 Å². The van der Waals surface area contributed by atoms with Gasteiger partial charge in [0.2, 0.25) is 0 Å². The summed E-state index contributed by atoms with van der Waals surface area (Å²) >= 11 is 0. The fourth-order valence-corrected chi connectivity index (χ4v) is 4.21. The Labute approximate surface area is 116 Å². The van der Waals surface area contributed by atoms with Crippen molar-refractivity contribution in [1.82, 2.24) is 5.32 Å². The van der Waals surface area contributed by atoms with Gasteiger partial charge in [0.1, 0.15) is 0 Å². The van der Waals surface area contributed by atoms with E-state index in [0.29, 0.717) is 12.2 Å². The lowest BCUT2D eigenvalue weighted by atomic mass is 10.1. The molecule has 0 bridgehead atoms. The van der Waals surface area contributed by atoms with Gasteiger partial charge in [0.15, 0.2) is 9.84 Å². The van der Waals surface area contributed by atoms with E-state index in [9.17, 15) is 8.42 Å². The number of aryl methyl sites for hydroxylation is 2. The first-order valence-corrected chi connectivity index (χ1v) is 8.87. The van der Waals surface area contributed by atoms with Gasteiger partial charge in [0.25, 0.3) is 0 Å². The minimum absolute atomic E-state index is 0.163. The zero-order valence-corrected chi connectivity index (χ0v) is 12.4. The van der Waals surface area contributed by atoms with Crippen molar-refractivity contribution >= 4 is 9.84 Å². The lowest BCUT2D eigenvalue weighted by Gasteiger charge is -2.23. The monoisotopic (exact) mass is 281 g/mol. The molecule has 19 heavy (non-hydrogen) atoms. The Morgan fingerprint density at radius 2 is 2.16 bits per heavy atom. The van der Waals surface area contributed by atoms with Crippen LogP contribution in [0.4, 0.5) is 0 Å². The van der Waals surface area contributed by atoms with Crippen LogP contribution in [-0.4, -0.2) is 32.5 Å². The molecule has 1 saturated heterocycles. The lowest BCUT2D eigenvalue weighted by molar-refractivity contribution is 0.423. The van der Waals surface area contributed by atoms with Crippen molar-refractivity contribution in [2.75, 3.05) is 18.1 Å². The molecule has 1 aromatic carbocycles. The molecule has 0 radical (unpaired) electrons. The van der Waals surface area contributed by atoms with E-state index in [4.69, 9.17) is 0 Å². The number of piperidine rings is 1. The van der Waals surface area contributed by atoms with Gasteiger partial charge in [-0.3, -0.25) is 0 Å². The standard InChI is InChI=1S/C15H23NO2S/c1-13-5-4-6-14(11-13)8-10-19(17,18)12-15-7-2-3-9-16-15/h4-6,11,15-16H,2-3,7-10,12H2,1H3. The van der Waals surface area contributed by atoms with Gasteiger partial charge in [-0.15, -0.1) is 0 Å². The molecule has 0 aliphatic carbocycles. The van der Waals surface area contributed by atoms with Gasteiger partial charge in [-0.25, -0.2) is 8.42 Å². The fourth-order valence-electron chi connectivity index (χ4n) is 2.60. The zero-order chi connectivity index (χ0) is 13.7. The summed E-state index contributed by atoms with van der Waals surface area (Å²) in [7, 11) is -2.95. The molecule has 3 nitrogen and oxygen atoms in total. The van der Waals surface area contributed by atoms with E-state index in [2.05, 4.69) is 11.4 Å². The predicted octanol–water partition coefficient (Wildman–Crippen LogP) is 2.09. The van der Waals surface area contributed by atoms with Gasteiger partial charge in [0.05, 0.1) is 11.5 Å². The summed E-state index contributed by atoms with van der Waals surface area (Å²) < 4.78 is 24.2. The Morgan fingerprint density at radius 3 is 2.84 bits per heavy atom. The molecule has 1 N–H and O–H groups in total. The maximum atomic E-state index is 12.1. The van der Waals surface area contributed by atoms with Crippen LogP contribution in [0.25, 0.3) is 0 Å². The van der Waals surface area contributed by atoms with Crippen LogP contribution in [0.2, 0.25) is 0 Å². The second kappa shape index (κ2) is 6.53. The highest BCUT2D eigenvalue weighted by Gasteiger charge is 2.20. The number of hydrogen-bond acceptors (Lipinski definition) is 3. The van der Waals surface area contributed by atoms with Crippen LogP contribution in [0.3, 0.4) is 0 Å². The Morgan fingerprint density at radius 1 is 1.32 bits per heavy atom. The van der Waals surface area contributed by atoms with Crippen molar-refractivity contribution in [3.63, 3.8) is 0 Å². The third kappa shape index (κ3) is 4.96. The molecular weight excluding hydrogens is 258 g/mol. The van der Waals surface area contributed by atoms with E-state index in [-0.39, 0.29) is 11.8 Å². The number of rotatable bonds is 5. The van der Waals surface area contributed by atoms with E-state index in [1.54, 1.807) is 0 Å². The molecule has 106 valence electrons. The van der Waals surface area contributed by atoms with Crippen molar-refractivity contribution < 1.29 is 8.42 Å². The Kier molecular flexibility index (Phi) is 4.99. The fraction of sp³-hybridized carbons (Fsp3) is 0.600. The highest BCUT2D eigenvalue weighted by atomic mass is 32.2. The number of benzene rings is 1. The lowest BCUT2D eigenvalue weighted by Crippen LogP contribution is -2.40. The summed E-state index contributed by atoms with van der Waals surface area (Å²) in [6, 6.07) is 8.25. The summed E-state index contributed by atoms with van der Waals surface area (Å²) in [5, 5.41) is 3.30. The summed E-state index contributed by atoms with van der Waals surface area (Å²) in [6.07, 6.45) is 3.92. The molecule has 1 fully saturated rings. The first-order chi connectivity index (χ1) is 9.05. The maximum Gasteiger partial charge on any atom is 0.152 e. The van der Waals surface area contributed by atoms with Crippen LogP contribution < -0.4 is 5.32 Å². The average Bonchev–Trinajstić information content (AvgIpc) is 2.37. The zero-order valence-electron chi connectivity index (χ0n) is 11.6. The van der Waals surface area contributed by atoms with Gasteiger partial charge in [-0.05, 0) is 38.3 Å². The van der Waals surface area contributed by atoms with E-state index in [1.165, 1.54) is 12.0 Å². The third-order valence-electron chi connectivity index (χ3n) is 3.65. The van der Waals surface area contributed by atoms with Crippen LogP contribution in [0.15, 0.2) is 24.3 Å². The Hall–Kier alpha value is -0.870. The SMILES string of the molecule is Cc1cccc(CCS(=O)(=O)CC2CCCCN2)c1. The van der Waals surface area contributed by atoms with Crippen molar-refractivity contribution in [3.8, 4) is 0 Å². The third-order valence-corrected chi connectivity index (χ3v) is 5.39. The quantitative estimate of drug-likeness (QED) is 0.899. The molecule has 1 heterocycles. The second-order valence-corrected chi connectivity index (χ2v) is 7.73. The van der Waals surface area contributed by atoms with Gasteiger partial charge >= 0.3 is 0 Å². The summed E-state index contributed by atoms with van der Waals surface area (Å²) in [6.45, 7) is 2.99. The molecule has 1 aliphatic rings. The number of hydrogen-bond donors (Lipinski definition) is 1. The average molecular weight is 281 g/mol. The maximum absolute atomic E-state index is 12.1. The van der Waals surface area contributed by atoms with Gasteiger partial charge in [-0.1, -0.05) is 36.2 Å². The molecule has 1 aliphatic heterocycles. The highest BCUT2D eigenvalue weighted by molar-refractivity contribution is 7.91. The van der Waals surface area contributed by atoms with E-state index < -0.39 is 9.84 Å². The second-order valence-electron chi connectivity index (χ2n) is 5.50. The Bertz CT molecular complexity index is 505. The topological polar surface area (TPSA) is 46.2 Å². The van der Waals surface area contributed by atoms with Gasteiger partial charge < -0.3 is 5.32 Å². The summed E-state index contributed by atoms with van der Waals surface area (Å²) in [5.74, 6) is 0.549. The van der Waals surface area contributed by atoms with Crippen molar-refractivity contribution in [3.05, 3.63) is 35.4 Å². The largest absolute Gasteiger partial charge is 0.313 e. The van der Waals surface area contributed by atoms with Crippen LogP contribution in [0.5, 0.6) is 0 Å². The summed E-state index contributed by atoms with van der Waals surface area (Å²) in [4.78, 5) is 0. The van der Waals surface area contributed by atoms with E-state index in [0.717, 1.165) is 24.9 Å². The smallest absolute Gasteiger partial charge is 0.152 e. The minimum atomic E-state index is -2.95. The molecule has 0 spiro atoms. The van der Waals surface area contributed by atoms with Crippen molar-refractivity contribution in [2.24, 2.45) is 0 Å². The first kappa shape index (κ1) is 14.5. The predicted molar refractivity (Wildman–Crippen MR) is 79.2 cm³/mol. The molecule has 4 heteroatoms. The first-order valence-electron chi connectivity index (χ1n) is 7.04. The van der Waals surface area contributed by atoms with Crippen LogP contribution in [0, 0.1) is 6.92 Å².